The zero-order chi connectivity index (χ0) is 24.8. The summed E-state index contributed by atoms with van der Waals surface area (Å²) < 4.78 is 2.71. The summed E-state index contributed by atoms with van der Waals surface area (Å²) in [6, 6.07) is 50.0. The summed E-state index contributed by atoms with van der Waals surface area (Å²) in [5, 5.41) is 2.71. The largest absolute Gasteiger partial charge is 0.135 e. The van der Waals surface area contributed by atoms with E-state index in [4.69, 9.17) is 0 Å². The Bertz CT molecular complexity index is 2020. The SMILES string of the molecule is c1ccc2c(c1)-c1ccccc1C1(c3ccccc3-2)c2ccccc2-c2cc3c(cc21)sc1ccccc13. The maximum Gasteiger partial charge on any atom is 0.0726 e. The molecule has 0 N–H and O–H groups in total. The minimum Gasteiger partial charge on any atom is -0.135 e. The average molecular weight is 499 g/mol. The van der Waals surface area contributed by atoms with Crippen molar-refractivity contribution in [2.45, 2.75) is 5.41 Å². The van der Waals surface area contributed by atoms with E-state index < -0.39 is 5.41 Å². The molecule has 0 fully saturated rings. The Morgan fingerprint density at radius 3 is 1.42 bits per heavy atom. The van der Waals surface area contributed by atoms with Crippen LogP contribution in [0.3, 0.4) is 0 Å². The van der Waals surface area contributed by atoms with Crippen molar-refractivity contribution in [3.8, 4) is 33.4 Å². The van der Waals surface area contributed by atoms with Crippen LogP contribution in [0.15, 0.2) is 133 Å². The molecule has 0 saturated heterocycles. The second-order valence-corrected chi connectivity index (χ2v) is 11.5. The van der Waals surface area contributed by atoms with Gasteiger partial charge in [-0.1, -0.05) is 115 Å². The van der Waals surface area contributed by atoms with Gasteiger partial charge in [0.05, 0.1) is 5.41 Å². The lowest BCUT2D eigenvalue weighted by molar-refractivity contribution is 0.777. The van der Waals surface area contributed by atoms with Crippen LogP contribution < -0.4 is 0 Å². The Balaban J connectivity index is 1.54. The zero-order valence-electron chi connectivity index (χ0n) is 20.6. The van der Waals surface area contributed by atoms with Gasteiger partial charge < -0.3 is 0 Å². The van der Waals surface area contributed by atoms with Gasteiger partial charge in [-0.3, -0.25) is 0 Å². The summed E-state index contributed by atoms with van der Waals surface area (Å²) in [5.74, 6) is 0. The number of rotatable bonds is 0. The summed E-state index contributed by atoms with van der Waals surface area (Å²) in [7, 11) is 0. The van der Waals surface area contributed by atoms with Crippen LogP contribution in [0.4, 0.5) is 0 Å². The summed E-state index contributed by atoms with van der Waals surface area (Å²) in [5.41, 5.74) is 13.0. The van der Waals surface area contributed by atoms with E-state index in [1.54, 1.807) is 0 Å². The smallest absolute Gasteiger partial charge is 0.0726 e. The summed E-state index contributed by atoms with van der Waals surface area (Å²) in [6.07, 6.45) is 0. The molecule has 9 rings (SSSR count). The van der Waals surface area contributed by atoms with E-state index in [-0.39, 0.29) is 0 Å². The van der Waals surface area contributed by atoms with Gasteiger partial charge in [-0.05, 0) is 73.8 Å². The monoisotopic (exact) mass is 498 g/mol. The maximum absolute atomic E-state index is 2.51. The van der Waals surface area contributed by atoms with Gasteiger partial charge in [0.15, 0.2) is 0 Å². The highest BCUT2D eigenvalue weighted by Gasteiger charge is 2.49. The van der Waals surface area contributed by atoms with E-state index >= 15 is 0 Å². The highest BCUT2D eigenvalue weighted by atomic mass is 32.1. The van der Waals surface area contributed by atoms with Gasteiger partial charge in [-0.2, -0.15) is 0 Å². The zero-order valence-corrected chi connectivity index (χ0v) is 21.4. The van der Waals surface area contributed by atoms with Crippen molar-refractivity contribution in [1.29, 1.82) is 0 Å². The molecule has 2 aliphatic carbocycles. The third-order valence-corrected chi connectivity index (χ3v) is 9.85. The quantitative estimate of drug-likeness (QED) is 0.195. The molecule has 2 aliphatic rings. The van der Waals surface area contributed by atoms with E-state index in [0.717, 1.165) is 0 Å². The lowest BCUT2D eigenvalue weighted by atomic mass is 9.66. The average Bonchev–Trinajstić information content (AvgIpc) is 3.45. The van der Waals surface area contributed by atoms with Crippen LogP contribution in [0.5, 0.6) is 0 Å². The molecule has 0 radical (unpaired) electrons. The van der Waals surface area contributed by atoms with Crippen LogP contribution in [0.2, 0.25) is 0 Å². The molecule has 1 spiro atoms. The molecule has 176 valence electrons. The maximum atomic E-state index is 2.51. The highest BCUT2D eigenvalue weighted by molar-refractivity contribution is 7.25. The van der Waals surface area contributed by atoms with E-state index in [1.165, 1.54) is 75.8 Å². The van der Waals surface area contributed by atoms with Gasteiger partial charge in [0.25, 0.3) is 0 Å². The van der Waals surface area contributed by atoms with Crippen molar-refractivity contribution in [2.75, 3.05) is 0 Å². The van der Waals surface area contributed by atoms with Gasteiger partial charge in [0.2, 0.25) is 0 Å². The summed E-state index contributed by atoms with van der Waals surface area (Å²) in [4.78, 5) is 0. The first-order chi connectivity index (χ1) is 18.9. The van der Waals surface area contributed by atoms with Gasteiger partial charge in [0, 0.05) is 20.2 Å². The molecular weight excluding hydrogens is 476 g/mol. The Labute approximate surface area is 225 Å². The molecule has 38 heavy (non-hydrogen) atoms. The lowest BCUT2D eigenvalue weighted by Gasteiger charge is -2.35. The Kier molecular flexibility index (Phi) is 3.96. The van der Waals surface area contributed by atoms with Gasteiger partial charge >= 0.3 is 0 Å². The van der Waals surface area contributed by atoms with Crippen molar-refractivity contribution >= 4 is 31.5 Å². The summed E-state index contributed by atoms with van der Waals surface area (Å²) >= 11 is 1.91. The Morgan fingerprint density at radius 1 is 0.342 bits per heavy atom. The van der Waals surface area contributed by atoms with Crippen LogP contribution in [0.25, 0.3) is 53.6 Å². The standard InChI is InChI=1S/C37H22S/c1-2-12-24-23(11-1)25-13-3-7-17-31(25)37(32-18-8-4-14-26(24)32)33-19-9-5-15-27(33)29-21-30-28-16-6-10-20-35(28)38-36(30)22-34(29)37/h1-22H. The highest BCUT2D eigenvalue weighted by Crippen LogP contribution is 2.62. The third kappa shape index (κ3) is 2.41. The topological polar surface area (TPSA) is 0 Å². The predicted octanol–water partition coefficient (Wildman–Crippen LogP) is 10.1. The molecular formula is C37H22S. The second-order valence-electron chi connectivity index (χ2n) is 10.4. The van der Waals surface area contributed by atoms with E-state index in [2.05, 4.69) is 133 Å². The minimum absolute atomic E-state index is 0.400. The number of thiophene rings is 1. The van der Waals surface area contributed by atoms with E-state index in [9.17, 15) is 0 Å². The fourth-order valence-corrected chi connectivity index (χ4v) is 8.39. The molecule has 0 bridgehead atoms. The molecule has 1 heteroatoms. The third-order valence-electron chi connectivity index (χ3n) is 8.71. The molecule has 1 heterocycles. The Morgan fingerprint density at radius 2 is 0.816 bits per heavy atom. The van der Waals surface area contributed by atoms with Gasteiger partial charge in [-0.25, -0.2) is 0 Å². The van der Waals surface area contributed by atoms with Crippen molar-refractivity contribution in [3.05, 3.63) is 156 Å². The van der Waals surface area contributed by atoms with Gasteiger partial charge in [-0.15, -0.1) is 11.3 Å². The van der Waals surface area contributed by atoms with Crippen molar-refractivity contribution in [3.63, 3.8) is 0 Å². The fraction of sp³-hybridized carbons (Fsp3) is 0.0270. The molecule has 1 aromatic heterocycles. The molecule has 7 aromatic rings. The van der Waals surface area contributed by atoms with Crippen molar-refractivity contribution in [2.24, 2.45) is 0 Å². The summed E-state index contributed by atoms with van der Waals surface area (Å²) in [6.45, 7) is 0. The van der Waals surface area contributed by atoms with Crippen molar-refractivity contribution in [1.82, 2.24) is 0 Å². The van der Waals surface area contributed by atoms with Gasteiger partial charge in [0.1, 0.15) is 0 Å². The number of hydrogen-bond acceptors (Lipinski definition) is 1. The normalized spacial score (nSPS) is 14.0. The first kappa shape index (κ1) is 20.6. The second kappa shape index (κ2) is 7.31. The van der Waals surface area contributed by atoms with E-state index in [0.29, 0.717) is 0 Å². The predicted molar refractivity (Wildman–Crippen MR) is 161 cm³/mol. The number of benzene rings is 6. The molecule has 0 nitrogen and oxygen atoms in total. The molecule has 0 aliphatic heterocycles. The van der Waals surface area contributed by atoms with E-state index in [1.807, 2.05) is 11.3 Å². The van der Waals surface area contributed by atoms with Crippen LogP contribution in [-0.4, -0.2) is 0 Å². The molecule has 0 saturated carbocycles. The van der Waals surface area contributed by atoms with Crippen LogP contribution >= 0.6 is 11.3 Å². The number of hydrogen-bond donors (Lipinski definition) is 0. The first-order valence-corrected chi connectivity index (χ1v) is 14.0. The molecule has 0 unspecified atom stereocenters. The molecule has 0 amide bonds. The molecule has 6 aromatic carbocycles. The van der Waals surface area contributed by atoms with Crippen molar-refractivity contribution < 1.29 is 0 Å². The van der Waals surface area contributed by atoms with Crippen LogP contribution in [-0.2, 0) is 5.41 Å². The molecule has 0 atom stereocenters. The Hall–Kier alpha value is -4.46. The minimum atomic E-state index is -0.400. The van der Waals surface area contributed by atoms with Crippen LogP contribution in [0.1, 0.15) is 22.3 Å². The first-order valence-electron chi connectivity index (χ1n) is 13.2. The number of fused-ring (bicyclic) bond motifs is 15. The fourth-order valence-electron chi connectivity index (χ4n) is 7.26. The van der Waals surface area contributed by atoms with Crippen LogP contribution in [0, 0.1) is 0 Å². The lowest BCUT2D eigenvalue weighted by Crippen LogP contribution is -2.29.